The second-order valence-corrected chi connectivity index (χ2v) is 10.4. The summed E-state index contributed by atoms with van der Waals surface area (Å²) < 4.78 is 31.0. The summed E-state index contributed by atoms with van der Waals surface area (Å²) in [5.74, 6) is 1.02. The summed E-state index contributed by atoms with van der Waals surface area (Å²) in [7, 11) is -1.99. The third-order valence-corrected chi connectivity index (χ3v) is 7.47. The summed E-state index contributed by atoms with van der Waals surface area (Å²) in [5.41, 5.74) is 2.77. The van der Waals surface area contributed by atoms with Crippen LogP contribution in [0.25, 0.3) is 0 Å². The number of anilines is 4. The minimum Gasteiger partial charge on any atom is -0.495 e. The molecular formula is C23H24ClN5O3S. The van der Waals surface area contributed by atoms with E-state index in [2.05, 4.69) is 26.7 Å². The van der Waals surface area contributed by atoms with Crippen LogP contribution in [0.4, 0.5) is 23.1 Å². The number of para-hydroxylation sites is 1. The fourth-order valence-corrected chi connectivity index (χ4v) is 4.45. The molecule has 0 amide bonds. The molecule has 172 valence electrons. The molecule has 3 rings (SSSR count). The molecule has 0 spiro atoms. The van der Waals surface area contributed by atoms with E-state index in [0.717, 1.165) is 11.1 Å². The Bertz CT molecular complexity index is 1320. The lowest BCUT2D eigenvalue weighted by atomic mass is 10.0. The van der Waals surface area contributed by atoms with Gasteiger partial charge in [0, 0.05) is 0 Å². The van der Waals surface area contributed by atoms with Gasteiger partial charge in [-0.05, 0) is 56.2 Å². The van der Waals surface area contributed by atoms with Crippen LogP contribution >= 0.6 is 11.6 Å². The lowest BCUT2D eigenvalue weighted by Crippen LogP contribution is -2.15. The molecule has 0 saturated heterocycles. The van der Waals surface area contributed by atoms with Gasteiger partial charge in [0.05, 0.1) is 47.3 Å². The number of benzene rings is 2. The zero-order valence-electron chi connectivity index (χ0n) is 18.7. The first-order valence-corrected chi connectivity index (χ1v) is 12.0. The number of ether oxygens (including phenoxy) is 1. The topological polar surface area (TPSA) is 117 Å². The van der Waals surface area contributed by atoms with Crippen molar-refractivity contribution in [1.29, 1.82) is 5.26 Å². The van der Waals surface area contributed by atoms with Crippen molar-refractivity contribution in [2.45, 2.75) is 37.3 Å². The number of aromatic nitrogens is 2. The number of halogens is 1. The minimum absolute atomic E-state index is 0.162. The highest BCUT2D eigenvalue weighted by Crippen LogP contribution is 2.33. The molecule has 0 aliphatic carbocycles. The Labute approximate surface area is 198 Å². The van der Waals surface area contributed by atoms with Crippen LogP contribution in [0.2, 0.25) is 5.02 Å². The van der Waals surface area contributed by atoms with E-state index in [4.69, 9.17) is 21.6 Å². The number of rotatable bonds is 8. The fraction of sp³-hybridized carbons (Fsp3) is 0.261. The van der Waals surface area contributed by atoms with Gasteiger partial charge in [-0.3, -0.25) is 0 Å². The quantitative estimate of drug-likeness (QED) is 0.448. The van der Waals surface area contributed by atoms with Crippen molar-refractivity contribution in [3.05, 3.63) is 58.7 Å². The zero-order valence-corrected chi connectivity index (χ0v) is 20.3. The molecule has 2 N–H and O–H groups in total. The average molecular weight is 486 g/mol. The van der Waals surface area contributed by atoms with Crippen LogP contribution in [0.3, 0.4) is 0 Å². The molecule has 0 fully saturated rings. The molecule has 8 nitrogen and oxygen atoms in total. The van der Waals surface area contributed by atoms with Crippen LogP contribution in [0.1, 0.15) is 25.0 Å². The van der Waals surface area contributed by atoms with E-state index in [1.165, 1.54) is 13.3 Å². The van der Waals surface area contributed by atoms with E-state index in [1.807, 2.05) is 13.0 Å². The molecule has 0 aliphatic heterocycles. The van der Waals surface area contributed by atoms with Crippen molar-refractivity contribution in [2.24, 2.45) is 0 Å². The molecule has 1 heterocycles. The van der Waals surface area contributed by atoms with Crippen LogP contribution in [-0.4, -0.2) is 30.7 Å². The van der Waals surface area contributed by atoms with Crippen LogP contribution in [0, 0.1) is 18.3 Å². The smallest absolute Gasteiger partial charge is 0.229 e. The Morgan fingerprint density at radius 2 is 1.91 bits per heavy atom. The van der Waals surface area contributed by atoms with Crippen LogP contribution in [-0.2, 0) is 16.3 Å². The van der Waals surface area contributed by atoms with Crippen LogP contribution in [0.15, 0.2) is 47.5 Å². The molecule has 0 aliphatic rings. The second-order valence-electron chi connectivity index (χ2n) is 7.54. The van der Waals surface area contributed by atoms with Gasteiger partial charge in [0.15, 0.2) is 15.7 Å². The largest absolute Gasteiger partial charge is 0.495 e. The number of hydrogen-bond donors (Lipinski definition) is 2. The van der Waals surface area contributed by atoms with E-state index in [0.29, 0.717) is 17.1 Å². The summed E-state index contributed by atoms with van der Waals surface area (Å²) in [6, 6.07) is 12.4. The number of methoxy groups -OCH3 is 1. The average Bonchev–Trinajstić information content (AvgIpc) is 2.78. The van der Waals surface area contributed by atoms with Gasteiger partial charge in [-0.2, -0.15) is 10.2 Å². The van der Waals surface area contributed by atoms with Gasteiger partial charge in [0.1, 0.15) is 10.8 Å². The summed E-state index contributed by atoms with van der Waals surface area (Å²) in [4.78, 5) is 8.81. The Balaban J connectivity index is 1.96. The molecule has 0 unspecified atom stereocenters. The van der Waals surface area contributed by atoms with Crippen molar-refractivity contribution in [3.8, 4) is 11.8 Å². The molecule has 3 aromatic rings. The SMILES string of the molecule is COc1cc(CC#N)c(C)cc1Nc1ncc(Cl)c(Nc2ccccc2S(=O)(=O)C(C)C)n1. The number of nitrogens with zero attached hydrogens (tertiary/aromatic N) is 3. The molecule has 0 radical (unpaired) electrons. The van der Waals surface area contributed by atoms with Gasteiger partial charge < -0.3 is 15.4 Å². The predicted molar refractivity (Wildman–Crippen MR) is 129 cm³/mol. The summed E-state index contributed by atoms with van der Waals surface area (Å²) >= 11 is 6.30. The van der Waals surface area contributed by atoms with Crippen molar-refractivity contribution in [2.75, 3.05) is 17.7 Å². The molecule has 33 heavy (non-hydrogen) atoms. The van der Waals surface area contributed by atoms with Crippen molar-refractivity contribution < 1.29 is 13.2 Å². The highest BCUT2D eigenvalue weighted by molar-refractivity contribution is 7.92. The highest BCUT2D eigenvalue weighted by atomic mass is 35.5. The van der Waals surface area contributed by atoms with Crippen molar-refractivity contribution >= 4 is 44.6 Å². The van der Waals surface area contributed by atoms with Gasteiger partial charge >= 0.3 is 0 Å². The summed E-state index contributed by atoms with van der Waals surface area (Å²) in [5, 5.41) is 14.8. The fourth-order valence-electron chi connectivity index (χ4n) is 3.11. The molecule has 0 bridgehead atoms. The lowest BCUT2D eigenvalue weighted by Gasteiger charge is -2.16. The standard InChI is InChI=1S/C23H24ClN5O3S/c1-14(2)33(30,31)21-8-6-5-7-18(21)27-22-17(24)13-26-23(29-22)28-19-11-15(3)16(9-10-25)12-20(19)32-4/h5-8,11-14H,9H2,1-4H3,(H2,26,27,28,29). The van der Waals surface area contributed by atoms with E-state index < -0.39 is 15.1 Å². The monoisotopic (exact) mass is 485 g/mol. The molecule has 0 atom stereocenters. The normalized spacial score (nSPS) is 11.2. The third-order valence-electron chi connectivity index (χ3n) is 4.99. The Kier molecular flexibility index (Phi) is 7.41. The Morgan fingerprint density at radius 1 is 1.18 bits per heavy atom. The predicted octanol–water partition coefficient (Wildman–Crippen LogP) is 5.18. The van der Waals surface area contributed by atoms with Crippen LogP contribution < -0.4 is 15.4 Å². The molecule has 10 heteroatoms. The van der Waals surface area contributed by atoms with Gasteiger partial charge in [-0.1, -0.05) is 23.7 Å². The van der Waals surface area contributed by atoms with Gasteiger partial charge in [-0.15, -0.1) is 0 Å². The highest BCUT2D eigenvalue weighted by Gasteiger charge is 2.23. The van der Waals surface area contributed by atoms with E-state index in [9.17, 15) is 8.42 Å². The van der Waals surface area contributed by atoms with Gasteiger partial charge in [-0.25, -0.2) is 13.4 Å². The van der Waals surface area contributed by atoms with E-state index in [-0.39, 0.29) is 28.1 Å². The first kappa shape index (κ1) is 24.3. The van der Waals surface area contributed by atoms with Crippen LogP contribution in [0.5, 0.6) is 5.75 Å². The molecular weight excluding hydrogens is 462 g/mol. The lowest BCUT2D eigenvalue weighted by molar-refractivity contribution is 0.416. The summed E-state index contributed by atoms with van der Waals surface area (Å²) in [6.07, 6.45) is 1.69. The number of aryl methyl sites for hydroxylation is 1. The first-order valence-electron chi connectivity index (χ1n) is 10.1. The second kappa shape index (κ2) is 10.1. The zero-order chi connectivity index (χ0) is 24.2. The first-order chi connectivity index (χ1) is 15.7. The number of sulfone groups is 1. The van der Waals surface area contributed by atoms with Gasteiger partial charge in [0.2, 0.25) is 5.95 Å². The third kappa shape index (κ3) is 5.35. The number of hydrogen-bond acceptors (Lipinski definition) is 8. The Hall–Kier alpha value is -3.35. The molecule has 1 aromatic heterocycles. The summed E-state index contributed by atoms with van der Waals surface area (Å²) in [6.45, 7) is 5.16. The number of nitriles is 1. The van der Waals surface area contributed by atoms with Crippen molar-refractivity contribution in [3.63, 3.8) is 0 Å². The maximum absolute atomic E-state index is 12.8. The van der Waals surface area contributed by atoms with E-state index >= 15 is 0 Å². The van der Waals surface area contributed by atoms with E-state index in [1.54, 1.807) is 44.2 Å². The molecule has 0 saturated carbocycles. The Morgan fingerprint density at radius 3 is 2.58 bits per heavy atom. The van der Waals surface area contributed by atoms with Crippen molar-refractivity contribution in [1.82, 2.24) is 9.97 Å². The number of nitrogens with one attached hydrogen (secondary N) is 2. The molecule has 2 aromatic carbocycles. The van der Waals surface area contributed by atoms with Gasteiger partial charge in [0.25, 0.3) is 0 Å². The maximum Gasteiger partial charge on any atom is 0.229 e. The maximum atomic E-state index is 12.8. The minimum atomic E-state index is -3.53.